The molecule has 2 aromatic rings. The van der Waals surface area contributed by atoms with Crippen molar-refractivity contribution in [3.05, 3.63) is 23.5 Å². The molecule has 0 spiro atoms. The summed E-state index contributed by atoms with van der Waals surface area (Å²) in [5.41, 5.74) is 2.23. The van der Waals surface area contributed by atoms with Crippen LogP contribution >= 0.6 is 0 Å². The molecule has 0 radical (unpaired) electrons. The third-order valence-corrected chi connectivity index (χ3v) is 3.56. The molecular weight excluding hydrogens is 264 g/mol. The van der Waals surface area contributed by atoms with Crippen LogP contribution in [0.5, 0.6) is 0 Å². The van der Waals surface area contributed by atoms with E-state index in [1.165, 1.54) is 0 Å². The number of pyridine rings is 1. The first-order valence-corrected chi connectivity index (χ1v) is 7.67. The van der Waals surface area contributed by atoms with Crippen LogP contribution in [-0.4, -0.2) is 27.2 Å². The number of unbranched alkanes of at least 4 members (excludes halogenated alkanes) is 2. The van der Waals surface area contributed by atoms with Gasteiger partial charge in [0.2, 0.25) is 0 Å². The Morgan fingerprint density at radius 1 is 1.38 bits per heavy atom. The van der Waals surface area contributed by atoms with E-state index >= 15 is 0 Å². The van der Waals surface area contributed by atoms with Crippen LogP contribution in [0.15, 0.2) is 12.3 Å². The second-order valence-electron chi connectivity index (χ2n) is 5.68. The molecule has 5 nitrogen and oxygen atoms in total. The van der Waals surface area contributed by atoms with E-state index in [2.05, 4.69) is 36.2 Å². The van der Waals surface area contributed by atoms with Crippen LogP contribution in [0.4, 0.5) is 0 Å². The van der Waals surface area contributed by atoms with Crippen molar-refractivity contribution in [1.82, 2.24) is 20.1 Å². The summed E-state index contributed by atoms with van der Waals surface area (Å²) < 4.78 is 1.88. The van der Waals surface area contributed by atoms with Crippen LogP contribution in [0.2, 0.25) is 0 Å². The molecule has 2 rings (SSSR count). The Kier molecular flexibility index (Phi) is 4.94. The van der Waals surface area contributed by atoms with Gasteiger partial charge in [-0.25, -0.2) is 9.67 Å². The van der Waals surface area contributed by atoms with Crippen LogP contribution in [0.1, 0.15) is 62.1 Å². The minimum absolute atomic E-state index is 0.0460. The van der Waals surface area contributed by atoms with Gasteiger partial charge in [0.1, 0.15) is 0 Å². The van der Waals surface area contributed by atoms with Gasteiger partial charge in [0.25, 0.3) is 5.91 Å². The number of hydrogen-bond acceptors (Lipinski definition) is 3. The maximum Gasteiger partial charge on any atom is 0.253 e. The van der Waals surface area contributed by atoms with E-state index in [9.17, 15) is 4.79 Å². The van der Waals surface area contributed by atoms with Crippen LogP contribution < -0.4 is 5.32 Å². The Morgan fingerprint density at radius 3 is 2.81 bits per heavy atom. The number of amides is 1. The van der Waals surface area contributed by atoms with Gasteiger partial charge in [0, 0.05) is 18.0 Å². The molecule has 114 valence electrons. The molecule has 2 aromatic heterocycles. The first-order chi connectivity index (χ1) is 10.0. The predicted octanol–water partition coefficient (Wildman–Crippen LogP) is 3.24. The number of hydrogen-bond donors (Lipinski definition) is 1. The second-order valence-corrected chi connectivity index (χ2v) is 5.68. The van der Waals surface area contributed by atoms with Crippen molar-refractivity contribution in [1.29, 1.82) is 0 Å². The van der Waals surface area contributed by atoms with E-state index in [0.717, 1.165) is 42.5 Å². The molecule has 0 aromatic carbocycles. The van der Waals surface area contributed by atoms with Crippen LogP contribution in [0.3, 0.4) is 0 Å². The molecule has 0 saturated heterocycles. The van der Waals surface area contributed by atoms with Gasteiger partial charge < -0.3 is 5.32 Å². The number of aromatic nitrogens is 3. The Morgan fingerprint density at radius 2 is 2.14 bits per heavy atom. The topological polar surface area (TPSA) is 59.8 Å². The zero-order valence-corrected chi connectivity index (χ0v) is 13.3. The number of fused-ring (bicyclic) bond motifs is 1. The monoisotopic (exact) mass is 288 g/mol. The standard InChI is InChI=1S/C16H24N4O/c1-5-6-7-8-17-16(21)14-9-13-10-18-20(11(2)3)15(13)19-12(14)4/h9-11H,5-8H2,1-4H3,(H,17,21). The lowest BCUT2D eigenvalue weighted by atomic mass is 10.1. The maximum absolute atomic E-state index is 12.2. The third-order valence-electron chi connectivity index (χ3n) is 3.56. The predicted molar refractivity (Wildman–Crippen MR) is 84.5 cm³/mol. The fourth-order valence-electron chi connectivity index (χ4n) is 2.35. The van der Waals surface area contributed by atoms with Gasteiger partial charge in [0.15, 0.2) is 5.65 Å². The van der Waals surface area contributed by atoms with E-state index in [-0.39, 0.29) is 11.9 Å². The van der Waals surface area contributed by atoms with Crippen molar-refractivity contribution in [3.8, 4) is 0 Å². The molecule has 0 aliphatic carbocycles. The Bertz CT molecular complexity index is 630. The Balaban J connectivity index is 2.21. The molecule has 0 bridgehead atoms. The number of carbonyl (C=O) groups excluding carboxylic acids is 1. The number of carbonyl (C=O) groups is 1. The molecule has 1 amide bonds. The van der Waals surface area contributed by atoms with Gasteiger partial charge in [-0.2, -0.15) is 5.10 Å². The molecule has 5 heteroatoms. The van der Waals surface area contributed by atoms with Gasteiger partial charge in [-0.15, -0.1) is 0 Å². The zero-order chi connectivity index (χ0) is 15.4. The molecular formula is C16H24N4O. The molecule has 0 aliphatic rings. The van der Waals surface area contributed by atoms with Crippen LogP contribution in [-0.2, 0) is 0 Å². The molecule has 0 aliphatic heterocycles. The summed E-state index contributed by atoms with van der Waals surface area (Å²) in [6, 6.07) is 2.14. The van der Waals surface area contributed by atoms with E-state index in [4.69, 9.17) is 0 Å². The van der Waals surface area contributed by atoms with Crippen molar-refractivity contribution >= 4 is 16.9 Å². The van der Waals surface area contributed by atoms with Gasteiger partial charge in [-0.05, 0) is 33.3 Å². The maximum atomic E-state index is 12.2. The Hall–Kier alpha value is -1.91. The first-order valence-electron chi connectivity index (χ1n) is 7.67. The van der Waals surface area contributed by atoms with E-state index in [1.807, 2.05) is 17.7 Å². The lowest BCUT2D eigenvalue weighted by Crippen LogP contribution is -2.25. The zero-order valence-electron chi connectivity index (χ0n) is 13.3. The molecule has 0 unspecified atom stereocenters. The summed E-state index contributed by atoms with van der Waals surface area (Å²) in [5.74, 6) is -0.0460. The lowest BCUT2D eigenvalue weighted by Gasteiger charge is -2.09. The van der Waals surface area contributed by atoms with Crippen LogP contribution in [0, 0.1) is 6.92 Å². The largest absolute Gasteiger partial charge is 0.352 e. The molecule has 0 atom stereocenters. The van der Waals surface area contributed by atoms with Gasteiger partial charge in [-0.1, -0.05) is 19.8 Å². The summed E-state index contributed by atoms with van der Waals surface area (Å²) in [5, 5.41) is 8.22. The first kappa shape index (κ1) is 15.5. The summed E-state index contributed by atoms with van der Waals surface area (Å²) in [4.78, 5) is 16.8. The van der Waals surface area contributed by atoms with Crippen LogP contribution in [0.25, 0.3) is 11.0 Å². The molecule has 21 heavy (non-hydrogen) atoms. The third kappa shape index (κ3) is 3.40. The summed E-state index contributed by atoms with van der Waals surface area (Å²) in [6.45, 7) is 8.87. The summed E-state index contributed by atoms with van der Waals surface area (Å²) in [7, 11) is 0. The van der Waals surface area contributed by atoms with Crippen molar-refractivity contribution in [2.75, 3.05) is 6.54 Å². The van der Waals surface area contributed by atoms with E-state index < -0.39 is 0 Å². The van der Waals surface area contributed by atoms with Crippen molar-refractivity contribution in [2.45, 2.75) is 53.0 Å². The highest BCUT2D eigenvalue weighted by Gasteiger charge is 2.14. The summed E-state index contributed by atoms with van der Waals surface area (Å²) >= 11 is 0. The fourth-order valence-corrected chi connectivity index (χ4v) is 2.35. The molecule has 0 saturated carbocycles. The van der Waals surface area contributed by atoms with Gasteiger partial charge in [0.05, 0.1) is 17.5 Å². The molecule has 0 fully saturated rings. The fraction of sp³-hybridized carbons (Fsp3) is 0.562. The quantitative estimate of drug-likeness (QED) is 0.830. The number of aryl methyl sites for hydroxylation is 1. The smallest absolute Gasteiger partial charge is 0.253 e. The van der Waals surface area contributed by atoms with E-state index in [1.54, 1.807) is 6.20 Å². The molecule has 2 heterocycles. The number of nitrogens with zero attached hydrogens (tertiary/aromatic N) is 3. The highest BCUT2D eigenvalue weighted by molar-refractivity contribution is 5.98. The minimum atomic E-state index is -0.0460. The van der Waals surface area contributed by atoms with Crippen molar-refractivity contribution in [2.24, 2.45) is 0 Å². The average Bonchev–Trinajstić information content (AvgIpc) is 2.85. The van der Waals surface area contributed by atoms with Crippen molar-refractivity contribution < 1.29 is 4.79 Å². The summed E-state index contributed by atoms with van der Waals surface area (Å²) in [6.07, 6.45) is 5.08. The van der Waals surface area contributed by atoms with Crippen molar-refractivity contribution in [3.63, 3.8) is 0 Å². The minimum Gasteiger partial charge on any atom is -0.352 e. The molecule has 1 N–H and O–H groups in total. The second kappa shape index (κ2) is 6.70. The lowest BCUT2D eigenvalue weighted by molar-refractivity contribution is 0.0952. The normalized spacial score (nSPS) is 11.3. The number of rotatable bonds is 6. The Labute approximate surface area is 125 Å². The average molecular weight is 288 g/mol. The number of nitrogens with one attached hydrogen (secondary N) is 1. The van der Waals surface area contributed by atoms with Gasteiger partial charge >= 0.3 is 0 Å². The van der Waals surface area contributed by atoms with E-state index in [0.29, 0.717) is 5.56 Å². The SMILES string of the molecule is CCCCCNC(=O)c1cc2cnn(C(C)C)c2nc1C. The van der Waals surface area contributed by atoms with Gasteiger partial charge in [-0.3, -0.25) is 4.79 Å². The highest BCUT2D eigenvalue weighted by atomic mass is 16.1. The highest BCUT2D eigenvalue weighted by Crippen LogP contribution is 2.19.